The third-order valence-electron chi connectivity index (χ3n) is 5.31. The summed E-state index contributed by atoms with van der Waals surface area (Å²) in [4.78, 5) is 18.8. The van der Waals surface area contributed by atoms with Gasteiger partial charge in [-0.25, -0.2) is 4.99 Å². The van der Waals surface area contributed by atoms with E-state index in [1.807, 2.05) is 16.9 Å². The molecule has 0 spiro atoms. The van der Waals surface area contributed by atoms with Crippen LogP contribution in [0.25, 0.3) is 0 Å². The van der Waals surface area contributed by atoms with E-state index in [4.69, 9.17) is 4.99 Å². The minimum absolute atomic E-state index is 0.138. The fourth-order valence-electron chi connectivity index (χ4n) is 3.71. The maximum Gasteiger partial charge on any atom is 0.220 e. The van der Waals surface area contributed by atoms with Crippen molar-refractivity contribution in [3.63, 3.8) is 0 Å². The number of likely N-dealkylation sites (tertiary alicyclic amines) is 1. The second kappa shape index (κ2) is 10.6. The van der Waals surface area contributed by atoms with Gasteiger partial charge in [-0.05, 0) is 42.9 Å². The largest absolute Gasteiger partial charge is 0.359 e. The number of amides is 1. The lowest BCUT2D eigenvalue weighted by Gasteiger charge is -2.34. The molecule has 1 amide bonds. The van der Waals surface area contributed by atoms with E-state index in [-0.39, 0.29) is 5.91 Å². The molecule has 7 nitrogen and oxygen atoms in total. The van der Waals surface area contributed by atoms with Gasteiger partial charge in [0.2, 0.25) is 5.91 Å². The van der Waals surface area contributed by atoms with Crippen molar-refractivity contribution < 1.29 is 4.79 Å². The van der Waals surface area contributed by atoms with Crippen LogP contribution in [0, 0.1) is 5.92 Å². The van der Waals surface area contributed by atoms with Gasteiger partial charge in [-0.2, -0.15) is 5.10 Å². The van der Waals surface area contributed by atoms with Crippen molar-refractivity contribution in [2.45, 2.75) is 39.3 Å². The Morgan fingerprint density at radius 2 is 2.03 bits per heavy atom. The first-order valence-corrected chi connectivity index (χ1v) is 10.5. The topological polar surface area (TPSA) is 74.5 Å². The minimum Gasteiger partial charge on any atom is -0.359 e. The number of nitrogens with one attached hydrogen (secondary N) is 2. The summed E-state index contributed by atoms with van der Waals surface area (Å²) >= 11 is 0. The van der Waals surface area contributed by atoms with Crippen LogP contribution in [0.5, 0.6) is 0 Å². The van der Waals surface area contributed by atoms with Crippen molar-refractivity contribution in [1.29, 1.82) is 0 Å². The first kappa shape index (κ1) is 20.9. The van der Waals surface area contributed by atoms with Crippen LogP contribution in [0.2, 0.25) is 0 Å². The lowest BCUT2D eigenvalue weighted by Crippen LogP contribution is -2.46. The molecule has 0 aliphatic carbocycles. The highest BCUT2D eigenvalue weighted by atomic mass is 16.1. The van der Waals surface area contributed by atoms with Crippen molar-refractivity contribution in [3.8, 4) is 0 Å². The predicted octanol–water partition coefficient (Wildman–Crippen LogP) is 2.25. The van der Waals surface area contributed by atoms with E-state index in [0.717, 1.165) is 45.0 Å². The first-order chi connectivity index (χ1) is 14.2. The maximum atomic E-state index is 11.6. The van der Waals surface area contributed by atoms with Gasteiger partial charge in [-0.3, -0.25) is 9.48 Å². The molecule has 0 saturated carbocycles. The Bertz CT molecular complexity index is 793. The predicted molar refractivity (Wildman–Crippen MR) is 116 cm³/mol. The summed E-state index contributed by atoms with van der Waals surface area (Å²) < 4.78 is 1.93. The van der Waals surface area contributed by atoms with E-state index in [2.05, 4.69) is 51.8 Å². The van der Waals surface area contributed by atoms with E-state index in [1.165, 1.54) is 11.1 Å². The highest BCUT2D eigenvalue weighted by Gasteiger charge is 2.23. The van der Waals surface area contributed by atoms with Crippen LogP contribution in [0.1, 0.15) is 37.3 Å². The molecule has 0 radical (unpaired) electrons. The molecule has 0 atom stereocenters. The number of aromatic nitrogens is 2. The maximum absolute atomic E-state index is 11.6. The van der Waals surface area contributed by atoms with Gasteiger partial charge in [0.05, 0.1) is 13.1 Å². The normalized spacial score (nSPS) is 15.4. The molecule has 1 aromatic heterocycles. The Kier molecular flexibility index (Phi) is 7.67. The quantitative estimate of drug-likeness (QED) is 0.556. The van der Waals surface area contributed by atoms with Crippen molar-refractivity contribution in [1.82, 2.24) is 25.3 Å². The summed E-state index contributed by atoms with van der Waals surface area (Å²) in [6.07, 6.45) is 6.45. The van der Waals surface area contributed by atoms with Gasteiger partial charge in [0, 0.05) is 45.5 Å². The highest BCUT2D eigenvalue weighted by Crippen LogP contribution is 2.20. The van der Waals surface area contributed by atoms with Gasteiger partial charge >= 0.3 is 0 Å². The zero-order valence-electron chi connectivity index (χ0n) is 17.5. The molecule has 29 heavy (non-hydrogen) atoms. The van der Waals surface area contributed by atoms with E-state index < -0.39 is 0 Å². The van der Waals surface area contributed by atoms with E-state index >= 15 is 0 Å². The third kappa shape index (κ3) is 6.34. The molecule has 2 N–H and O–H groups in total. The summed E-state index contributed by atoms with van der Waals surface area (Å²) in [7, 11) is 1.71. The SMILES string of the molecule is CCNC(=NCc1cccc(Cn2cccn2)c1)N1CCC(CC(=O)NC)CC1. The second-order valence-corrected chi connectivity index (χ2v) is 7.50. The fraction of sp³-hybridized carbons (Fsp3) is 0.500. The molecule has 1 fully saturated rings. The number of piperidine rings is 1. The Balaban J connectivity index is 1.59. The molecule has 7 heteroatoms. The zero-order valence-corrected chi connectivity index (χ0v) is 17.5. The molecule has 1 saturated heterocycles. The Morgan fingerprint density at radius 3 is 2.72 bits per heavy atom. The molecule has 2 heterocycles. The van der Waals surface area contributed by atoms with Crippen LogP contribution in [-0.4, -0.2) is 53.2 Å². The van der Waals surface area contributed by atoms with Crippen LogP contribution in [0.4, 0.5) is 0 Å². The van der Waals surface area contributed by atoms with Crippen LogP contribution in [0.15, 0.2) is 47.7 Å². The van der Waals surface area contributed by atoms with Gasteiger partial charge in [0.25, 0.3) is 0 Å². The number of rotatable bonds is 7. The molecule has 156 valence electrons. The van der Waals surface area contributed by atoms with E-state index in [1.54, 1.807) is 13.2 Å². The summed E-state index contributed by atoms with van der Waals surface area (Å²) in [6, 6.07) is 10.5. The molecule has 1 aliphatic heterocycles. The summed E-state index contributed by atoms with van der Waals surface area (Å²) in [6.45, 7) is 6.23. The standard InChI is InChI=1S/C22H32N6O/c1-3-24-22(27-12-8-18(9-13-27)15-21(29)23-2)25-16-19-6-4-7-20(14-19)17-28-11-5-10-26-28/h4-7,10-11,14,18H,3,8-9,12-13,15-17H2,1-2H3,(H,23,29)(H,24,25). The number of guanidine groups is 1. The van der Waals surface area contributed by atoms with Gasteiger partial charge < -0.3 is 15.5 Å². The smallest absolute Gasteiger partial charge is 0.220 e. The lowest BCUT2D eigenvalue weighted by molar-refractivity contribution is -0.121. The molecular weight excluding hydrogens is 364 g/mol. The number of nitrogens with zero attached hydrogens (tertiary/aromatic N) is 4. The van der Waals surface area contributed by atoms with Crippen LogP contribution in [0.3, 0.4) is 0 Å². The fourth-order valence-corrected chi connectivity index (χ4v) is 3.71. The number of hydrogen-bond donors (Lipinski definition) is 2. The Morgan fingerprint density at radius 1 is 1.24 bits per heavy atom. The summed E-state index contributed by atoms with van der Waals surface area (Å²) in [5, 5.41) is 10.4. The molecule has 2 aromatic rings. The minimum atomic E-state index is 0.138. The van der Waals surface area contributed by atoms with Crippen molar-refractivity contribution in [3.05, 3.63) is 53.9 Å². The van der Waals surface area contributed by atoms with Crippen molar-refractivity contribution in [2.75, 3.05) is 26.7 Å². The average molecular weight is 397 g/mol. The number of aliphatic imine (C=N–C) groups is 1. The number of benzene rings is 1. The summed E-state index contributed by atoms with van der Waals surface area (Å²) in [5.74, 6) is 1.57. The molecular formula is C22H32N6O. The monoisotopic (exact) mass is 396 g/mol. The molecule has 1 aliphatic rings. The third-order valence-corrected chi connectivity index (χ3v) is 5.31. The Labute approximate surface area is 173 Å². The van der Waals surface area contributed by atoms with Crippen molar-refractivity contribution >= 4 is 11.9 Å². The van der Waals surface area contributed by atoms with Gasteiger partial charge in [-0.1, -0.05) is 24.3 Å². The first-order valence-electron chi connectivity index (χ1n) is 10.5. The van der Waals surface area contributed by atoms with Crippen LogP contribution in [-0.2, 0) is 17.9 Å². The number of carbonyl (C=O) groups is 1. The van der Waals surface area contributed by atoms with Crippen LogP contribution >= 0.6 is 0 Å². The average Bonchev–Trinajstić information content (AvgIpc) is 3.25. The van der Waals surface area contributed by atoms with Gasteiger partial charge in [0.15, 0.2) is 5.96 Å². The van der Waals surface area contributed by atoms with E-state index in [9.17, 15) is 4.79 Å². The van der Waals surface area contributed by atoms with Crippen LogP contribution < -0.4 is 10.6 Å². The number of carbonyl (C=O) groups excluding carboxylic acids is 1. The Hall–Kier alpha value is -2.83. The molecule has 0 bridgehead atoms. The molecule has 3 rings (SSSR count). The zero-order chi connectivity index (χ0) is 20.5. The van der Waals surface area contributed by atoms with Crippen molar-refractivity contribution in [2.24, 2.45) is 10.9 Å². The van der Waals surface area contributed by atoms with E-state index in [0.29, 0.717) is 18.9 Å². The second-order valence-electron chi connectivity index (χ2n) is 7.50. The molecule has 0 unspecified atom stereocenters. The van der Waals surface area contributed by atoms with Gasteiger partial charge in [0.1, 0.15) is 0 Å². The summed E-state index contributed by atoms with van der Waals surface area (Å²) in [5.41, 5.74) is 2.42. The number of hydrogen-bond acceptors (Lipinski definition) is 3. The molecule has 1 aromatic carbocycles. The lowest BCUT2D eigenvalue weighted by atomic mass is 9.93. The highest BCUT2D eigenvalue weighted by molar-refractivity contribution is 5.80. The van der Waals surface area contributed by atoms with Gasteiger partial charge in [-0.15, -0.1) is 0 Å².